The Morgan fingerprint density at radius 1 is 1.53 bits per heavy atom. The van der Waals surface area contributed by atoms with E-state index in [1.807, 2.05) is 24.3 Å². The van der Waals surface area contributed by atoms with Crippen molar-refractivity contribution in [3.05, 3.63) is 28.7 Å². The molecule has 15 heavy (non-hydrogen) atoms. The van der Waals surface area contributed by atoms with Crippen molar-refractivity contribution in [2.24, 2.45) is 0 Å². The normalized spacial score (nSPS) is 21.3. The maximum atomic E-state index is 5.65. The second-order valence-corrected chi connectivity index (χ2v) is 4.41. The van der Waals surface area contributed by atoms with E-state index >= 15 is 0 Å². The Balaban J connectivity index is 1.81. The Bertz CT molecular complexity index is 313. The highest BCUT2D eigenvalue weighted by Crippen LogP contribution is 2.17. The van der Waals surface area contributed by atoms with E-state index in [9.17, 15) is 0 Å². The van der Waals surface area contributed by atoms with Gasteiger partial charge in [-0.2, -0.15) is 0 Å². The fourth-order valence-corrected chi connectivity index (χ4v) is 1.86. The van der Waals surface area contributed by atoms with E-state index in [1.54, 1.807) is 0 Å². The summed E-state index contributed by atoms with van der Waals surface area (Å²) in [5, 5.41) is 3.34. The molecule has 0 aliphatic carbocycles. The van der Waals surface area contributed by atoms with Gasteiger partial charge in [-0.1, -0.05) is 22.0 Å². The van der Waals surface area contributed by atoms with Crippen LogP contribution in [0.15, 0.2) is 28.7 Å². The van der Waals surface area contributed by atoms with Crippen LogP contribution in [0.5, 0.6) is 5.75 Å². The minimum absolute atomic E-state index is 0.303. The molecule has 1 unspecified atom stereocenters. The van der Waals surface area contributed by atoms with E-state index in [4.69, 9.17) is 9.47 Å². The smallest absolute Gasteiger partial charge is 0.120 e. The lowest BCUT2D eigenvalue weighted by Crippen LogP contribution is -2.44. The average molecular weight is 272 g/mol. The van der Waals surface area contributed by atoms with E-state index in [-0.39, 0.29) is 0 Å². The molecule has 1 aliphatic rings. The van der Waals surface area contributed by atoms with E-state index < -0.39 is 0 Å². The Kier molecular flexibility index (Phi) is 4.00. The number of halogens is 1. The fraction of sp³-hybridized carbons (Fsp3) is 0.455. The molecule has 1 fully saturated rings. The second-order valence-electron chi connectivity index (χ2n) is 3.49. The van der Waals surface area contributed by atoms with Crippen LogP contribution in [0.2, 0.25) is 0 Å². The van der Waals surface area contributed by atoms with Crippen molar-refractivity contribution in [1.82, 2.24) is 5.32 Å². The van der Waals surface area contributed by atoms with E-state index in [2.05, 4.69) is 21.2 Å². The van der Waals surface area contributed by atoms with Gasteiger partial charge in [0.05, 0.1) is 19.3 Å². The van der Waals surface area contributed by atoms with Gasteiger partial charge in [0.15, 0.2) is 0 Å². The SMILES string of the molecule is Brc1cccc(OCC2COCCN2)c1. The maximum Gasteiger partial charge on any atom is 0.120 e. The number of hydrogen-bond acceptors (Lipinski definition) is 3. The molecule has 1 saturated heterocycles. The van der Waals surface area contributed by atoms with Gasteiger partial charge in [-0.05, 0) is 18.2 Å². The molecular weight excluding hydrogens is 258 g/mol. The molecule has 4 heteroatoms. The number of benzene rings is 1. The molecule has 0 aromatic heterocycles. The van der Waals surface area contributed by atoms with Crippen LogP contribution in [0.4, 0.5) is 0 Å². The molecule has 0 bridgehead atoms. The van der Waals surface area contributed by atoms with Crippen molar-refractivity contribution >= 4 is 15.9 Å². The van der Waals surface area contributed by atoms with Gasteiger partial charge in [-0.3, -0.25) is 0 Å². The van der Waals surface area contributed by atoms with Crippen LogP contribution in [0.3, 0.4) is 0 Å². The quantitative estimate of drug-likeness (QED) is 0.910. The Labute approximate surface area is 97.9 Å². The van der Waals surface area contributed by atoms with Crippen molar-refractivity contribution in [2.45, 2.75) is 6.04 Å². The summed E-state index contributed by atoms with van der Waals surface area (Å²) in [5.74, 6) is 0.886. The van der Waals surface area contributed by atoms with Crippen LogP contribution in [-0.2, 0) is 4.74 Å². The first-order valence-electron chi connectivity index (χ1n) is 5.04. The van der Waals surface area contributed by atoms with Crippen LogP contribution < -0.4 is 10.1 Å². The zero-order valence-corrected chi connectivity index (χ0v) is 10.00. The van der Waals surface area contributed by atoms with Gasteiger partial charge in [0.2, 0.25) is 0 Å². The van der Waals surface area contributed by atoms with Gasteiger partial charge in [0.25, 0.3) is 0 Å². The van der Waals surface area contributed by atoms with Crippen LogP contribution in [0.1, 0.15) is 0 Å². The van der Waals surface area contributed by atoms with Gasteiger partial charge in [0, 0.05) is 11.0 Å². The molecule has 1 heterocycles. The monoisotopic (exact) mass is 271 g/mol. The first-order chi connectivity index (χ1) is 7.34. The average Bonchev–Trinajstić information content (AvgIpc) is 2.28. The van der Waals surface area contributed by atoms with Crippen LogP contribution in [0.25, 0.3) is 0 Å². The van der Waals surface area contributed by atoms with Crippen molar-refractivity contribution in [3.63, 3.8) is 0 Å². The first kappa shape index (κ1) is 10.9. The van der Waals surface area contributed by atoms with Gasteiger partial charge >= 0.3 is 0 Å². The fourth-order valence-electron chi connectivity index (χ4n) is 1.48. The summed E-state index contributed by atoms with van der Waals surface area (Å²) in [4.78, 5) is 0. The predicted octanol–water partition coefficient (Wildman–Crippen LogP) is 1.82. The zero-order valence-electron chi connectivity index (χ0n) is 8.41. The maximum absolute atomic E-state index is 5.65. The van der Waals surface area contributed by atoms with E-state index in [0.717, 1.165) is 30.0 Å². The Morgan fingerprint density at radius 3 is 3.20 bits per heavy atom. The highest BCUT2D eigenvalue weighted by atomic mass is 79.9. The number of morpholine rings is 1. The van der Waals surface area contributed by atoms with Crippen molar-refractivity contribution in [3.8, 4) is 5.75 Å². The van der Waals surface area contributed by atoms with E-state index in [0.29, 0.717) is 12.6 Å². The lowest BCUT2D eigenvalue weighted by molar-refractivity contribution is 0.0592. The number of rotatable bonds is 3. The molecule has 0 amide bonds. The summed E-state index contributed by atoms with van der Waals surface area (Å²) < 4.78 is 12.0. The lowest BCUT2D eigenvalue weighted by atomic mass is 10.3. The van der Waals surface area contributed by atoms with E-state index in [1.165, 1.54) is 0 Å². The highest BCUT2D eigenvalue weighted by Gasteiger charge is 2.13. The second kappa shape index (κ2) is 5.49. The predicted molar refractivity (Wildman–Crippen MR) is 62.2 cm³/mol. The van der Waals surface area contributed by atoms with Crippen molar-refractivity contribution in [1.29, 1.82) is 0 Å². The highest BCUT2D eigenvalue weighted by molar-refractivity contribution is 9.10. The summed E-state index contributed by atoms with van der Waals surface area (Å²) in [6.45, 7) is 3.09. The third kappa shape index (κ3) is 3.48. The molecule has 2 rings (SSSR count). The summed E-state index contributed by atoms with van der Waals surface area (Å²) >= 11 is 3.41. The van der Waals surface area contributed by atoms with Crippen LogP contribution >= 0.6 is 15.9 Å². The third-order valence-corrected chi connectivity index (χ3v) is 2.74. The molecule has 0 saturated carbocycles. The Morgan fingerprint density at radius 2 is 2.47 bits per heavy atom. The molecule has 1 aromatic carbocycles. The number of nitrogens with one attached hydrogen (secondary N) is 1. The topological polar surface area (TPSA) is 30.5 Å². The minimum atomic E-state index is 0.303. The van der Waals surface area contributed by atoms with Gasteiger partial charge in [0.1, 0.15) is 12.4 Å². The van der Waals surface area contributed by atoms with Crippen LogP contribution in [0, 0.1) is 0 Å². The lowest BCUT2D eigenvalue weighted by Gasteiger charge is -2.23. The van der Waals surface area contributed by atoms with Crippen molar-refractivity contribution in [2.75, 3.05) is 26.4 Å². The number of hydrogen-bond donors (Lipinski definition) is 1. The van der Waals surface area contributed by atoms with Gasteiger partial charge in [-0.15, -0.1) is 0 Å². The molecule has 1 aromatic rings. The minimum Gasteiger partial charge on any atom is -0.492 e. The standard InChI is InChI=1S/C11H14BrNO2/c12-9-2-1-3-11(6-9)15-8-10-7-14-5-4-13-10/h1-3,6,10,13H,4-5,7-8H2. The molecule has 0 spiro atoms. The molecule has 1 aliphatic heterocycles. The third-order valence-electron chi connectivity index (χ3n) is 2.25. The summed E-state index contributed by atoms with van der Waals surface area (Å²) in [6.07, 6.45) is 0. The molecule has 82 valence electrons. The van der Waals surface area contributed by atoms with Crippen molar-refractivity contribution < 1.29 is 9.47 Å². The first-order valence-corrected chi connectivity index (χ1v) is 5.83. The molecule has 1 N–H and O–H groups in total. The van der Waals surface area contributed by atoms with Gasteiger partial charge in [-0.25, -0.2) is 0 Å². The summed E-state index contributed by atoms with van der Waals surface area (Å²) in [6, 6.07) is 8.16. The summed E-state index contributed by atoms with van der Waals surface area (Å²) in [7, 11) is 0. The molecule has 3 nitrogen and oxygen atoms in total. The van der Waals surface area contributed by atoms with Gasteiger partial charge < -0.3 is 14.8 Å². The van der Waals surface area contributed by atoms with Crippen LogP contribution in [-0.4, -0.2) is 32.4 Å². The molecule has 0 radical (unpaired) electrons. The zero-order chi connectivity index (χ0) is 10.5. The largest absolute Gasteiger partial charge is 0.492 e. The molecule has 1 atom stereocenters. The Hall–Kier alpha value is -0.580. The summed E-state index contributed by atoms with van der Waals surface area (Å²) in [5.41, 5.74) is 0. The molecular formula is C11H14BrNO2. The number of ether oxygens (including phenoxy) is 2.